The maximum atomic E-state index is 12.9. The molecule has 246 valence electrons. The third kappa shape index (κ3) is 11.9. The smallest absolute Gasteiger partial charge is 0.251 e. The summed E-state index contributed by atoms with van der Waals surface area (Å²) in [7, 11) is -3.76. The number of nitrogens with zero attached hydrogens (tertiary/aromatic N) is 2. The van der Waals surface area contributed by atoms with Crippen LogP contribution in [0.1, 0.15) is 34.8 Å². The van der Waals surface area contributed by atoms with Crippen molar-refractivity contribution in [1.82, 2.24) is 14.7 Å². The van der Waals surface area contributed by atoms with Crippen LogP contribution in [0.3, 0.4) is 0 Å². The Morgan fingerprint density at radius 3 is 2.16 bits per heavy atom. The summed E-state index contributed by atoms with van der Waals surface area (Å²) < 4.78 is 50.5. The van der Waals surface area contributed by atoms with E-state index in [-0.39, 0.29) is 24.0 Å². The van der Waals surface area contributed by atoms with Crippen molar-refractivity contribution in [1.29, 1.82) is 0 Å². The number of benzene rings is 2. The number of nitrogens with two attached hydrogens (primary N) is 1. The van der Waals surface area contributed by atoms with Crippen molar-refractivity contribution >= 4 is 55.0 Å². The van der Waals surface area contributed by atoms with Gasteiger partial charge in [0.25, 0.3) is 5.91 Å². The van der Waals surface area contributed by atoms with Gasteiger partial charge >= 0.3 is 0 Å². The SMILES string of the molecule is CCCOCCOCCOCCOCCNS(=O)(=O)c1ccc(Nc2ncc(Br)c(Nc3cccc(C)c3C(N)=O)n2)cc1C. The minimum atomic E-state index is -3.76. The summed E-state index contributed by atoms with van der Waals surface area (Å²) in [6, 6.07) is 10.2. The van der Waals surface area contributed by atoms with E-state index in [2.05, 4.69) is 48.2 Å². The maximum absolute atomic E-state index is 12.9. The van der Waals surface area contributed by atoms with Crippen LogP contribution in [0.5, 0.6) is 0 Å². The van der Waals surface area contributed by atoms with E-state index in [0.717, 1.165) is 18.6 Å². The van der Waals surface area contributed by atoms with Crippen LogP contribution < -0.4 is 21.1 Å². The second-order valence-electron chi connectivity index (χ2n) is 9.83. The highest BCUT2D eigenvalue weighted by Crippen LogP contribution is 2.29. The van der Waals surface area contributed by atoms with Gasteiger partial charge in [0.2, 0.25) is 16.0 Å². The van der Waals surface area contributed by atoms with Crippen molar-refractivity contribution in [3.05, 3.63) is 63.8 Å². The monoisotopic (exact) mass is 708 g/mol. The molecule has 0 fully saturated rings. The number of sulfonamides is 1. The number of carbonyl (C=O) groups is 1. The van der Waals surface area contributed by atoms with Gasteiger partial charge in [-0.1, -0.05) is 19.1 Å². The largest absolute Gasteiger partial charge is 0.379 e. The van der Waals surface area contributed by atoms with Crippen LogP contribution in [-0.4, -0.2) is 83.7 Å². The first-order valence-electron chi connectivity index (χ1n) is 14.5. The van der Waals surface area contributed by atoms with Gasteiger partial charge in [-0.3, -0.25) is 4.79 Å². The molecular weight excluding hydrogens is 668 g/mol. The molecule has 5 N–H and O–H groups in total. The van der Waals surface area contributed by atoms with Crippen LogP contribution in [-0.2, 0) is 29.0 Å². The number of rotatable bonds is 21. The minimum absolute atomic E-state index is 0.115. The van der Waals surface area contributed by atoms with Gasteiger partial charge in [-0.05, 0) is 71.6 Å². The highest BCUT2D eigenvalue weighted by atomic mass is 79.9. The normalized spacial score (nSPS) is 11.5. The van der Waals surface area contributed by atoms with E-state index in [0.29, 0.717) is 72.4 Å². The first-order chi connectivity index (χ1) is 21.6. The summed E-state index contributed by atoms with van der Waals surface area (Å²) in [5.74, 6) is 0.110. The number of halogens is 1. The Hall–Kier alpha value is -3.18. The van der Waals surface area contributed by atoms with E-state index in [9.17, 15) is 13.2 Å². The van der Waals surface area contributed by atoms with Crippen molar-refractivity contribution < 1.29 is 32.2 Å². The number of anilines is 4. The van der Waals surface area contributed by atoms with E-state index >= 15 is 0 Å². The summed E-state index contributed by atoms with van der Waals surface area (Å²) in [6.07, 6.45) is 2.54. The van der Waals surface area contributed by atoms with E-state index in [4.69, 9.17) is 24.7 Å². The molecule has 0 aliphatic carbocycles. The van der Waals surface area contributed by atoms with Crippen LogP contribution in [0.25, 0.3) is 0 Å². The van der Waals surface area contributed by atoms with E-state index in [1.165, 1.54) is 6.07 Å². The summed E-state index contributed by atoms with van der Waals surface area (Å²) in [5.41, 5.74) is 8.30. The van der Waals surface area contributed by atoms with Gasteiger partial charge in [0.05, 0.1) is 66.9 Å². The number of hydrogen-bond acceptors (Lipinski definition) is 11. The Bertz CT molecular complexity index is 1510. The second kappa shape index (κ2) is 18.7. The Balaban J connectivity index is 1.46. The lowest BCUT2D eigenvalue weighted by Crippen LogP contribution is -2.28. The number of primary amides is 1. The Kier molecular flexibility index (Phi) is 15.1. The van der Waals surface area contributed by atoms with E-state index < -0.39 is 15.9 Å². The molecule has 0 saturated carbocycles. The summed E-state index contributed by atoms with van der Waals surface area (Å²) in [6.45, 7) is 9.37. The van der Waals surface area contributed by atoms with Gasteiger partial charge < -0.3 is 35.3 Å². The Morgan fingerprint density at radius 1 is 0.889 bits per heavy atom. The topological polar surface area (TPSA) is 176 Å². The highest BCUT2D eigenvalue weighted by Gasteiger charge is 2.17. The van der Waals surface area contributed by atoms with Crippen LogP contribution in [0, 0.1) is 13.8 Å². The molecule has 0 aliphatic heterocycles. The molecule has 1 aromatic heterocycles. The second-order valence-corrected chi connectivity index (χ2v) is 12.4. The lowest BCUT2D eigenvalue weighted by Gasteiger charge is -2.14. The van der Waals surface area contributed by atoms with E-state index in [1.54, 1.807) is 50.4 Å². The van der Waals surface area contributed by atoms with Crippen molar-refractivity contribution in [2.75, 3.05) is 70.0 Å². The molecule has 1 heterocycles. The third-order valence-electron chi connectivity index (χ3n) is 6.24. The number of hydrogen-bond donors (Lipinski definition) is 4. The molecule has 3 rings (SSSR count). The molecule has 0 unspecified atom stereocenters. The third-order valence-corrected chi connectivity index (χ3v) is 8.44. The van der Waals surface area contributed by atoms with Crippen LogP contribution in [0.4, 0.5) is 23.1 Å². The lowest BCUT2D eigenvalue weighted by atomic mass is 10.1. The number of ether oxygens (including phenoxy) is 4. The zero-order valence-corrected chi connectivity index (χ0v) is 28.1. The predicted molar refractivity (Wildman–Crippen MR) is 176 cm³/mol. The molecule has 0 atom stereocenters. The maximum Gasteiger partial charge on any atom is 0.251 e. The quantitative estimate of drug-likeness (QED) is 0.117. The molecule has 2 aromatic carbocycles. The minimum Gasteiger partial charge on any atom is -0.379 e. The van der Waals surface area contributed by atoms with Crippen LogP contribution >= 0.6 is 15.9 Å². The summed E-state index contributed by atoms with van der Waals surface area (Å²) in [5, 5.41) is 6.22. The average Bonchev–Trinajstić information content (AvgIpc) is 2.99. The molecule has 0 bridgehead atoms. The van der Waals surface area contributed by atoms with Gasteiger partial charge in [0, 0.05) is 25.0 Å². The number of aromatic nitrogens is 2. The molecule has 15 heteroatoms. The van der Waals surface area contributed by atoms with E-state index in [1.807, 2.05) is 0 Å². The molecular formula is C30H41BrN6O7S. The number of carbonyl (C=O) groups excluding carboxylic acids is 1. The van der Waals surface area contributed by atoms with Crippen molar-refractivity contribution in [3.8, 4) is 0 Å². The molecule has 0 aliphatic rings. The molecule has 0 radical (unpaired) electrons. The zero-order valence-electron chi connectivity index (χ0n) is 25.7. The number of amides is 1. The average molecular weight is 710 g/mol. The molecule has 13 nitrogen and oxygen atoms in total. The van der Waals surface area contributed by atoms with Gasteiger partial charge in [0.1, 0.15) is 5.82 Å². The first-order valence-corrected chi connectivity index (χ1v) is 16.8. The molecule has 1 amide bonds. The van der Waals surface area contributed by atoms with Crippen molar-refractivity contribution in [3.63, 3.8) is 0 Å². The molecule has 0 saturated heterocycles. The number of aryl methyl sites for hydroxylation is 2. The number of nitrogens with one attached hydrogen (secondary N) is 3. The lowest BCUT2D eigenvalue weighted by molar-refractivity contribution is -0.00109. The van der Waals surface area contributed by atoms with Gasteiger partial charge in [-0.25, -0.2) is 18.1 Å². The van der Waals surface area contributed by atoms with Gasteiger partial charge in [-0.15, -0.1) is 0 Å². The summed E-state index contributed by atoms with van der Waals surface area (Å²) >= 11 is 3.43. The molecule has 0 spiro atoms. The fourth-order valence-electron chi connectivity index (χ4n) is 4.13. The fourth-order valence-corrected chi connectivity index (χ4v) is 5.66. The molecule has 3 aromatic rings. The standard InChI is InChI=1S/C30H41BrN6O7S/c1-4-11-41-13-15-43-17-18-44-16-14-42-12-10-34-45(39,40)26-9-8-23(19-22(26)3)35-30-33-20-24(31)29(37-30)36-25-7-5-6-21(2)27(25)28(32)38/h5-9,19-20,34H,4,10-18H2,1-3H3,(H2,32,38)(H2,33,35,36,37). The fraction of sp³-hybridized carbons (Fsp3) is 0.433. The molecule has 45 heavy (non-hydrogen) atoms. The van der Waals surface area contributed by atoms with Gasteiger partial charge in [-0.2, -0.15) is 4.98 Å². The van der Waals surface area contributed by atoms with Crippen LogP contribution in [0.15, 0.2) is 52.0 Å². The predicted octanol–water partition coefficient (Wildman–Crippen LogP) is 4.20. The highest BCUT2D eigenvalue weighted by molar-refractivity contribution is 9.10. The van der Waals surface area contributed by atoms with Crippen molar-refractivity contribution in [2.24, 2.45) is 5.73 Å². The van der Waals surface area contributed by atoms with Crippen LogP contribution in [0.2, 0.25) is 0 Å². The Labute approximate surface area is 272 Å². The Morgan fingerprint density at radius 2 is 1.53 bits per heavy atom. The first kappa shape index (κ1) is 36.3. The van der Waals surface area contributed by atoms with Gasteiger partial charge in [0.15, 0.2) is 0 Å². The summed E-state index contributed by atoms with van der Waals surface area (Å²) in [4.78, 5) is 20.9. The zero-order chi connectivity index (χ0) is 32.7. The van der Waals surface area contributed by atoms with Crippen molar-refractivity contribution in [2.45, 2.75) is 32.1 Å².